The number of rotatable bonds is 5. The van der Waals surface area contributed by atoms with E-state index in [-0.39, 0.29) is 11.7 Å². The smallest absolute Gasteiger partial charge is 0.165 e. The number of carbonyl (C=O) groups excluding carboxylic acids is 1. The lowest BCUT2D eigenvalue weighted by atomic mass is 9.99. The summed E-state index contributed by atoms with van der Waals surface area (Å²) in [6, 6.07) is 7.92. The Labute approximate surface area is 91.7 Å². The zero-order valence-electron chi connectivity index (χ0n) is 9.71. The average Bonchev–Trinajstić information content (AvgIpc) is 2.26. The zero-order valence-corrected chi connectivity index (χ0v) is 9.71. The fourth-order valence-electron chi connectivity index (χ4n) is 1.44. The molecule has 1 aromatic carbocycles. The molecule has 0 aliphatic heterocycles. The Kier molecular flexibility index (Phi) is 4.50. The first-order valence-corrected chi connectivity index (χ1v) is 5.43. The molecular weight excluding hydrogens is 186 g/mol. The fourth-order valence-corrected chi connectivity index (χ4v) is 1.44. The minimum atomic E-state index is 0.0770. The summed E-state index contributed by atoms with van der Waals surface area (Å²) in [5.41, 5.74) is 2.09. The molecule has 0 unspecified atom stereocenters. The molecule has 0 aliphatic rings. The molecule has 0 saturated heterocycles. The Balaban J connectivity index is 2.68. The van der Waals surface area contributed by atoms with Crippen LogP contribution in [0, 0.1) is 5.92 Å². The number of nitrogens with one attached hydrogen (secondary N) is 1. The molecule has 1 aromatic rings. The molecule has 82 valence electrons. The van der Waals surface area contributed by atoms with Gasteiger partial charge in [0.15, 0.2) is 5.78 Å². The molecule has 0 aliphatic carbocycles. The summed E-state index contributed by atoms with van der Waals surface area (Å²) in [6.45, 7) is 4.83. The third kappa shape index (κ3) is 3.48. The number of hydrogen-bond donors (Lipinski definition) is 1. The maximum atomic E-state index is 11.7. The highest BCUT2D eigenvalue weighted by atomic mass is 16.1. The second-order valence-corrected chi connectivity index (χ2v) is 4.07. The minimum Gasteiger partial charge on any atom is -0.319 e. The van der Waals surface area contributed by atoms with Gasteiger partial charge in [0, 0.05) is 11.5 Å². The van der Waals surface area contributed by atoms with Crippen LogP contribution in [0.25, 0.3) is 0 Å². The van der Waals surface area contributed by atoms with Gasteiger partial charge < -0.3 is 5.32 Å². The Morgan fingerprint density at radius 2 is 1.87 bits per heavy atom. The Hall–Kier alpha value is -1.15. The van der Waals surface area contributed by atoms with Gasteiger partial charge in [-0.05, 0) is 25.6 Å². The summed E-state index contributed by atoms with van der Waals surface area (Å²) >= 11 is 0. The van der Waals surface area contributed by atoms with Crippen molar-refractivity contribution in [1.82, 2.24) is 5.32 Å². The molecule has 0 atom stereocenters. The summed E-state index contributed by atoms with van der Waals surface area (Å²) in [7, 11) is 1.94. The lowest BCUT2D eigenvalue weighted by Gasteiger charge is -2.05. The van der Waals surface area contributed by atoms with Crippen molar-refractivity contribution in [2.75, 3.05) is 13.6 Å². The molecule has 0 fully saturated rings. The third-order valence-electron chi connectivity index (χ3n) is 2.43. The molecule has 0 amide bonds. The molecule has 0 aromatic heterocycles. The minimum absolute atomic E-state index is 0.0770. The van der Waals surface area contributed by atoms with E-state index >= 15 is 0 Å². The van der Waals surface area contributed by atoms with Gasteiger partial charge in [-0.3, -0.25) is 4.79 Å². The van der Waals surface area contributed by atoms with Crippen LogP contribution in [-0.4, -0.2) is 19.4 Å². The van der Waals surface area contributed by atoms with Gasteiger partial charge in [-0.1, -0.05) is 38.1 Å². The van der Waals surface area contributed by atoms with Gasteiger partial charge >= 0.3 is 0 Å². The van der Waals surface area contributed by atoms with Crippen molar-refractivity contribution in [3.05, 3.63) is 35.4 Å². The quantitative estimate of drug-likeness (QED) is 0.747. The summed E-state index contributed by atoms with van der Waals surface area (Å²) in [5, 5.41) is 3.10. The zero-order chi connectivity index (χ0) is 11.3. The van der Waals surface area contributed by atoms with Gasteiger partial charge in [0.2, 0.25) is 0 Å². The van der Waals surface area contributed by atoms with E-state index in [1.54, 1.807) is 0 Å². The Morgan fingerprint density at radius 3 is 2.33 bits per heavy atom. The first-order chi connectivity index (χ1) is 7.15. The largest absolute Gasteiger partial charge is 0.319 e. The first kappa shape index (κ1) is 11.9. The number of Topliss-reactive ketones (excluding diaryl/α,β-unsaturated/α-hetero) is 1. The van der Waals surface area contributed by atoms with Crippen LogP contribution in [-0.2, 0) is 6.42 Å². The van der Waals surface area contributed by atoms with Crippen molar-refractivity contribution in [3.8, 4) is 0 Å². The lowest BCUT2D eigenvalue weighted by molar-refractivity contribution is 0.0939. The standard InChI is InChI=1S/C13H19NO/c1-10(2)13(15)12-6-4-11(5-7-12)8-9-14-3/h4-7,10,14H,8-9H2,1-3H3. The van der Waals surface area contributed by atoms with Gasteiger partial charge in [-0.15, -0.1) is 0 Å². The lowest BCUT2D eigenvalue weighted by Crippen LogP contribution is -2.11. The first-order valence-electron chi connectivity index (χ1n) is 5.43. The summed E-state index contributed by atoms with van der Waals surface area (Å²) in [5.74, 6) is 0.295. The van der Waals surface area contributed by atoms with E-state index in [1.165, 1.54) is 5.56 Å². The van der Waals surface area contributed by atoms with Gasteiger partial charge in [-0.25, -0.2) is 0 Å². The molecule has 0 heterocycles. The second kappa shape index (κ2) is 5.66. The SMILES string of the molecule is CNCCc1ccc(C(=O)C(C)C)cc1. The van der Waals surface area contributed by atoms with Crippen LogP contribution in [0.4, 0.5) is 0 Å². The van der Waals surface area contributed by atoms with Crippen LogP contribution in [0.1, 0.15) is 29.8 Å². The average molecular weight is 205 g/mol. The van der Waals surface area contributed by atoms with Crippen molar-refractivity contribution in [2.24, 2.45) is 5.92 Å². The number of carbonyl (C=O) groups is 1. The van der Waals surface area contributed by atoms with E-state index < -0.39 is 0 Å². The van der Waals surface area contributed by atoms with E-state index in [1.807, 2.05) is 45.2 Å². The van der Waals surface area contributed by atoms with Crippen molar-refractivity contribution in [3.63, 3.8) is 0 Å². The molecule has 15 heavy (non-hydrogen) atoms. The van der Waals surface area contributed by atoms with E-state index in [4.69, 9.17) is 0 Å². The second-order valence-electron chi connectivity index (χ2n) is 4.07. The number of benzene rings is 1. The van der Waals surface area contributed by atoms with Gasteiger partial charge in [0.05, 0.1) is 0 Å². The van der Waals surface area contributed by atoms with Crippen LogP contribution in [0.15, 0.2) is 24.3 Å². The predicted octanol–water partition coefficient (Wildman–Crippen LogP) is 2.29. The van der Waals surface area contributed by atoms with Gasteiger partial charge in [0.25, 0.3) is 0 Å². The summed E-state index contributed by atoms with van der Waals surface area (Å²) < 4.78 is 0. The van der Waals surface area contributed by atoms with Crippen LogP contribution < -0.4 is 5.32 Å². The molecule has 0 radical (unpaired) electrons. The Morgan fingerprint density at radius 1 is 1.27 bits per heavy atom. The maximum absolute atomic E-state index is 11.7. The molecular formula is C13H19NO. The highest BCUT2D eigenvalue weighted by molar-refractivity contribution is 5.97. The number of likely N-dealkylation sites (N-methyl/N-ethyl adjacent to an activating group) is 1. The van der Waals surface area contributed by atoms with Gasteiger partial charge in [0.1, 0.15) is 0 Å². The van der Waals surface area contributed by atoms with Crippen molar-refractivity contribution >= 4 is 5.78 Å². The monoisotopic (exact) mass is 205 g/mol. The maximum Gasteiger partial charge on any atom is 0.165 e. The molecule has 2 nitrogen and oxygen atoms in total. The van der Waals surface area contributed by atoms with Crippen LogP contribution in [0.3, 0.4) is 0 Å². The van der Waals surface area contributed by atoms with Crippen LogP contribution >= 0.6 is 0 Å². The van der Waals surface area contributed by atoms with Crippen molar-refractivity contribution in [2.45, 2.75) is 20.3 Å². The van der Waals surface area contributed by atoms with Crippen molar-refractivity contribution < 1.29 is 4.79 Å². The predicted molar refractivity (Wildman–Crippen MR) is 63.2 cm³/mol. The molecule has 1 rings (SSSR count). The summed E-state index contributed by atoms with van der Waals surface area (Å²) in [6.07, 6.45) is 1.01. The Bertz CT molecular complexity index is 314. The molecule has 2 heteroatoms. The fraction of sp³-hybridized carbons (Fsp3) is 0.462. The van der Waals surface area contributed by atoms with Gasteiger partial charge in [-0.2, -0.15) is 0 Å². The summed E-state index contributed by atoms with van der Waals surface area (Å²) in [4.78, 5) is 11.7. The molecule has 1 N–H and O–H groups in total. The van der Waals surface area contributed by atoms with E-state index in [2.05, 4.69) is 5.32 Å². The van der Waals surface area contributed by atoms with E-state index in [0.29, 0.717) is 0 Å². The topological polar surface area (TPSA) is 29.1 Å². The van der Waals surface area contributed by atoms with Crippen LogP contribution in [0.2, 0.25) is 0 Å². The molecule has 0 spiro atoms. The highest BCUT2D eigenvalue weighted by Crippen LogP contribution is 2.10. The number of hydrogen-bond acceptors (Lipinski definition) is 2. The number of ketones is 1. The van der Waals surface area contributed by atoms with Crippen molar-refractivity contribution in [1.29, 1.82) is 0 Å². The third-order valence-corrected chi connectivity index (χ3v) is 2.43. The van der Waals surface area contributed by atoms with E-state index in [0.717, 1.165) is 18.5 Å². The normalized spacial score (nSPS) is 10.7. The molecule has 0 bridgehead atoms. The van der Waals surface area contributed by atoms with Crippen LogP contribution in [0.5, 0.6) is 0 Å². The highest BCUT2D eigenvalue weighted by Gasteiger charge is 2.09. The molecule has 0 saturated carbocycles. The van der Waals surface area contributed by atoms with E-state index in [9.17, 15) is 4.79 Å².